The second-order valence-corrected chi connectivity index (χ2v) is 4.81. The molecule has 0 spiro atoms. The molecule has 2 N–H and O–H groups in total. The van der Waals surface area contributed by atoms with Gasteiger partial charge in [0.05, 0.1) is 16.3 Å². The Morgan fingerprint density at radius 2 is 1.39 bits per heavy atom. The number of aromatic nitrogens is 2. The van der Waals surface area contributed by atoms with Crippen LogP contribution in [-0.4, -0.2) is 14.9 Å². The maximum Gasteiger partial charge on any atom is 0.269 e. The van der Waals surface area contributed by atoms with E-state index >= 15 is 0 Å². The molecule has 0 atom stereocenters. The lowest BCUT2D eigenvalue weighted by molar-refractivity contribution is -0.384. The number of anilines is 1. The molecule has 0 aliphatic carbocycles. The average Bonchev–Trinajstić information content (AvgIpc) is 2.55. The van der Waals surface area contributed by atoms with E-state index in [1.165, 1.54) is 24.3 Å². The van der Waals surface area contributed by atoms with E-state index < -0.39 is 4.92 Å². The van der Waals surface area contributed by atoms with Crippen LogP contribution in [0.4, 0.5) is 16.0 Å². The molecule has 0 bridgehead atoms. The van der Waals surface area contributed by atoms with Gasteiger partial charge in [-0.2, -0.15) is 0 Å². The Kier molecular flexibility index (Phi) is 3.68. The normalized spacial score (nSPS) is 10.5. The van der Waals surface area contributed by atoms with E-state index in [0.29, 0.717) is 22.5 Å². The molecule has 0 unspecified atom stereocenters. The van der Waals surface area contributed by atoms with E-state index in [1.807, 2.05) is 0 Å². The standard InChI is InChI=1S/C16H11FN4O2/c17-12-5-1-10(2-6-12)14-9-15(20-16(18)19-14)11-3-7-13(8-4-11)21(22)23/h1-9H,(H2,18,19,20). The lowest BCUT2D eigenvalue weighted by Crippen LogP contribution is -1.99. The Balaban J connectivity index is 2.03. The highest BCUT2D eigenvalue weighted by atomic mass is 19.1. The smallest absolute Gasteiger partial charge is 0.269 e. The molecule has 3 rings (SSSR count). The molecule has 0 amide bonds. The molecule has 7 heteroatoms. The molecule has 2 aromatic carbocycles. The van der Waals surface area contributed by atoms with Crippen LogP contribution in [0.25, 0.3) is 22.5 Å². The van der Waals surface area contributed by atoms with Gasteiger partial charge in [-0.3, -0.25) is 10.1 Å². The molecule has 0 saturated heterocycles. The molecule has 0 aliphatic rings. The SMILES string of the molecule is Nc1nc(-c2ccc(F)cc2)cc(-c2ccc([N+](=O)[O-])cc2)n1. The minimum Gasteiger partial charge on any atom is -0.368 e. The van der Waals surface area contributed by atoms with Crippen molar-refractivity contribution in [2.24, 2.45) is 0 Å². The maximum absolute atomic E-state index is 13.0. The number of benzene rings is 2. The van der Waals surface area contributed by atoms with Crippen molar-refractivity contribution in [3.8, 4) is 22.5 Å². The quantitative estimate of drug-likeness (QED) is 0.590. The summed E-state index contributed by atoms with van der Waals surface area (Å²) in [4.78, 5) is 18.5. The van der Waals surface area contributed by atoms with Crippen molar-refractivity contribution in [2.75, 3.05) is 5.73 Å². The van der Waals surface area contributed by atoms with E-state index in [9.17, 15) is 14.5 Å². The first kappa shape index (κ1) is 14.6. The summed E-state index contributed by atoms with van der Waals surface area (Å²) in [5.41, 5.74) is 8.19. The Morgan fingerprint density at radius 1 is 0.913 bits per heavy atom. The first-order valence-corrected chi connectivity index (χ1v) is 6.68. The summed E-state index contributed by atoms with van der Waals surface area (Å²) in [5, 5.41) is 10.7. The van der Waals surface area contributed by atoms with E-state index in [4.69, 9.17) is 5.73 Å². The van der Waals surface area contributed by atoms with Crippen LogP contribution in [0.1, 0.15) is 0 Å². The van der Waals surface area contributed by atoms with Gasteiger partial charge in [-0.05, 0) is 42.5 Å². The molecule has 6 nitrogen and oxygen atoms in total. The van der Waals surface area contributed by atoms with Crippen molar-refractivity contribution in [2.45, 2.75) is 0 Å². The van der Waals surface area contributed by atoms with Gasteiger partial charge in [0.2, 0.25) is 5.95 Å². The number of nitrogen functional groups attached to an aromatic ring is 1. The van der Waals surface area contributed by atoms with E-state index in [2.05, 4.69) is 9.97 Å². The number of hydrogen-bond acceptors (Lipinski definition) is 5. The fourth-order valence-electron chi connectivity index (χ4n) is 2.14. The summed E-state index contributed by atoms with van der Waals surface area (Å²) in [5.74, 6) is -0.272. The highest BCUT2D eigenvalue weighted by Gasteiger charge is 2.09. The predicted octanol–water partition coefficient (Wildman–Crippen LogP) is 3.44. The second kappa shape index (κ2) is 5.80. The summed E-state index contributed by atoms with van der Waals surface area (Å²) in [6, 6.07) is 13.5. The predicted molar refractivity (Wildman–Crippen MR) is 83.9 cm³/mol. The van der Waals surface area contributed by atoms with Gasteiger partial charge in [0.1, 0.15) is 5.82 Å². The van der Waals surface area contributed by atoms with E-state index in [-0.39, 0.29) is 17.5 Å². The summed E-state index contributed by atoms with van der Waals surface area (Å²) in [6.07, 6.45) is 0. The molecule has 0 fully saturated rings. The summed E-state index contributed by atoms with van der Waals surface area (Å²) in [6.45, 7) is 0. The molecule has 114 valence electrons. The fourth-order valence-corrected chi connectivity index (χ4v) is 2.14. The zero-order valence-electron chi connectivity index (χ0n) is 11.8. The lowest BCUT2D eigenvalue weighted by atomic mass is 10.1. The Morgan fingerprint density at radius 3 is 1.87 bits per heavy atom. The first-order chi connectivity index (χ1) is 11.0. The van der Waals surface area contributed by atoms with E-state index in [1.54, 1.807) is 30.3 Å². The number of nitrogens with two attached hydrogens (primary N) is 1. The molecule has 1 heterocycles. The molecule has 1 aromatic heterocycles. The maximum atomic E-state index is 13.0. The molecule has 23 heavy (non-hydrogen) atoms. The third kappa shape index (κ3) is 3.13. The van der Waals surface area contributed by atoms with Crippen LogP contribution < -0.4 is 5.73 Å². The van der Waals surface area contributed by atoms with Gasteiger partial charge in [-0.1, -0.05) is 0 Å². The number of hydrogen-bond donors (Lipinski definition) is 1. The van der Waals surface area contributed by atoms with Crippen molar-refractivity contribution < 1.29 is 9.31 Å². The Labute approximate surface area is 130 Å². The zero-order valence-corrected chi connectivity index (χ0v) is 11.8. The summed E-state index contributed by atoms with van der Waals surface area (Å²) < 4.78 is 13.0. The van der Waals surface area contributed by atoms with Crippen LogP contribution in [-0.2, 0) is 0 Å². The van der Waals surface area contributed by atoms with Crippen molar-refractivity contribution in [3.05, 3.63) is 70.5 Å². The van der Waals surface area contributed by atoms with Crippen LogP contribution in [0.3, 0.4) is 0 Å². The van der Waals surface area contributed by atoms with Crippen molar-refractivity contribution in [1.82, 2.24) is 9.97 Å². The first-order valence-electron chi connectivity index (χ1n) is 6.68. The van der Waals surface area contributed by atoms with E-state index in [0.717, 1.165) is 0 Å². The van der Waals surface area contributed by atoms with Crippen molar-refractivity contribution >= 4 is 11.6 Å². The lowest BCUT2D eigenvalue weighted by Gasteiger charge is -2.06. The number of nitrogens with zero attached hydrogens (tertiary/aromatic N) is 3. The van der Waals surface area contributed by atoms with Crippen LogP contribution in [0.15, 0.2) is 54.6 Å². The molecule has 0 saturated carbocycles. The van der Waals surface area contributed by atoms with Crippen LogP contribution in [0, 0.1) is 15.9 Å². The van der Waals surface area contributed by atoms with Gasteiger partial charge in [0, 0.05) is 23.3 Å². The summed E-state index contributed by atoms with van der Waals surface area (Å²) >= 11 is 0. The zero-order chi connectivity index (χ0) is 16.4. The molecule has 0 radical (unpaired) electrons. The Hall–Kier alpha value is -3.35. The fraction of sp³-hybridized carbons (Fsp3) is 0. The highest BCUT2D eigenvalue weighted by molar-refractivity contribution is 5.69. The number of halogens is 1. The van der Waals surface area contributed by atoms with Gasteiger partial charge >= 0.3 is 0 Å². The minimum atomic E-state index is -0.470. The summed E-state index contributed by atoms with van der Waals surface area (Å²) in [7, 11) is 0. The number of non-ortho nitro benzene ring substituents is 1. The van der Waals surface area contributed by atoms with Crippen molar-refractivity contribution in [3.63, 3.8) is 0 Å². The molecular weight excluding hydrogens is 299 g/mol. The minimum absolute atomic E-state index is 0.00506. The largest absolute Gasteiger partial charge is 0.368 e. The second-order valence-electron chi connectivity index (χ2n) is 4.81. The van der Waals surface area contributed by atoms with Gasteiger partial charge in [0.15, 0.2) is 0 Å². The number of nitro groups is 1. The highest BCUT2D eigenvalue weighted by Crippen LogP contribution is 2.26. The van der Waals surface area contributed by atoms with Crippen LogP contribution in [0.5, 0.6) is 0 Å². The van der Waals surface area contributed by atoms with Crippen LogP contribution in [0.2, 0.25) is 0 Å². The third-order valence-corrected chi connectivity index (χ3v) is 3.26. The monoisotopic (exact) mass is 310 g/mol. The Bertz CT molecular complexity index is 864. The molecule has 3 aromatic rings. The molecular formula is C16H11FN4O2. The van der Waals surface area contributed by atoms with Gasteiger partial charge < -0.3 is 5.73 Å². The van der Waals surface area contributed by atoms with Crippen molar-refractivity contribution in [1.29, 1.82) is 0 Å². The third-order valence-electron chi connectivity index (χ3n) is 3.26. The number of rotatable bonds is 3. The molecule has 0 aliphatic heterocycles. The van der Waals surface area contributed by atoms with Gasteiger partial charge in [0.25, 0.3) is 5.69 Å². The topological polar surface area (TPSA) is 94.9 Å². The van der Waals surface area contributed by atoms with Gasteiger partial charge in [-0.15, -0.1) is 0 Å². The van der Waals surface area contributed by atoms with Gasteiger partial charge in [-0.25, -0.2) is 14.4 Å². The number of nitro benzene ring substituents is 1. The van der Waals surface area contributed by atoms with Crippen LogP contribution >= 0.6 is 0 Å². The average molecular weight is 310 g/mol.